The summed E-state index contributed by atoms with van der Waals surface area (Å²) in [5.74, 6) is -2.12. The van der Waals surface area contributed by atoms with E-state index >= 15 is 0 Å². The number of nitrogens with zero attached hydrogens (tertiary/aromatic N) is 2. The lowest BCUT2D eigenvalue weighted by atomic mass is 10.1. The minimum absolute atomic E-state index is 0.0406. The predicted molar refractivity (Wildman–Crippen MR) is 96.4 cm³/mol. The van der Waals surface area contributed by atoms with Crippen LogP contribution in [0.4, 0.5) is 5.69 Å². The standard InChI is InChI=1S/C17H13N3O6S/c1-25-15(23)9-5-10(16(24)26-2)7-11(6-9)19-13(21)12-8-18-17-20(14(12)22)3-4-27-17/h3-8H,1-2H3,(H,19,21). The summed E-state index contributed by atoms with van der Waals surface area (Å²) < 4.78 is 10.5. The summed E-state index contributed by atoms with van der Waals surface area (Å²) in [4.78, 5) is 53.0. The fraction of sp³-hybridized carbons (Fsp3) is 0.118. The van der Waals surface area contributed by atoms with Crippen LogP contribution in [0.3, 0.4) is 0 Å². The summed E-state index contributed by atoms with van der Waals surface area (Å²) in [7, 11) is 2.38. The maximum atomic E-state index is 12.5. The van der Waals surface area contributed by atoms with Gasteiger partial charge in [-0.25, -0.2) is 14.6 Å². The number of thiazole rings is 1. The molecule has 2 heterocycles. The summed E-state index contributed by atoms with van der Waals surface area (Å²) in [5, 5.41) is 4.16. The van der Waals surface area contributed by atoms with Crippen molar-refractivity contribution in [3.63, 3.8) is 0 Å². The van der Waals surface area contributed by atoms with Crippen molar-refractivity contribution in [2.45, 2.75) is 0 Å². The second kappa shape index (κ2) is 7.38. The molecule has 3 aromatic rings. The lowest BCUT2D eigenvalue weighted by molar-refractivity contribution is 0.0599. The Labute approximate surface area is 156 Å². The van der Waals surface area contributed by atoms with E-state index in [2.05, 4.69) is 19.8 Å². The Morgan fingerprint density at radius 3 is 2.30 bits per heavy atom. The van der Waals surface area contributed by atoms with Gasteiger partial charge in [0.05, 0.1) is 25.3 Å². The van der Waals surface area contributed by atoms with E-state index in [1.165, 1.54) is 60.5 Å². The first-order valence-corrected chi connectivity index (χ1v) is 8.40. The van der Waals surface area contributed by atoms with Crippen LogP contribution in [0, 0.1) is 0 Å². The predicted octanol–water partition coefficient (Wildman–Crippen LogP) is 1.58. The van der Waals surface area contributed by atoms with E-state index < -0.39 is 23.4 Å². The molecule has 0 aliphatic carbocycles. The van der Waals surface area contributed by atoms with Crippen LogP contribution in [0.5, 0.6) is 0 Å². The summed E-state index contributed by atoms with van der Waals surface area (Å²) >= 11 is 1.26. The molecule has 27 heavy (non-hydrogen) atoms. The van der Waals surface area contributed by atoms with E-state index in [-0.39, 0.29) is 22.4 Å². The zero-order valence-corrected chi connectivity index (χ0v) is 15.0. The fourth-order valence-electron chi connectivity index (χ4n) is 2.35. The molecular weight excluding hydrogens is 374 g/mol. The normalized spacial score (nSPS) is 10.4. The molecule has 0 bridgehead atoms. The lowest BCUT2D eigenvalue weighted by Gasteiger charge is -2.09. The fourth-order valence-corrected chi connectivity index (χ4v) is 3.03. The molecule has 0 spiro atoms. The monoisotopic (exact) mass is 387 g/mol. The Morgan fingerprint density at radius 1 is 1.07 bits per heavy atom. The maximum absolute atomic E-state index is 12.5. The van der Waals surface area contributed by atoms with Gasteiger partial charge in [-0.3, -0.25) is 14.0 Å². The molecule has 3 rings (SSSR count). The Hall–Kier alpha value is -3.53. The number of carbonyl (C=O) groups excluding carboxylic acids is 3. The Morgan fingerprint density at radius 2 is 1.70 bits per heavy atom. The average molecular weight is 387 g/mol. The van der Waals surface area contributed by atoms with Crippen LogP contribution in [0.2, 0.25) is 0 Å². The number of ether oxygens (including phenoxy) is 2. The van der Waals surface area contributed by atoms with E-state index in [1.807, 2.05) is 0 Å². The lowest BCUT2D eigenvalue weighted by Crippen LogP contribution is -2.26. The number of benzene rings is 1. The van der Waals surface area contributed by atoms with Gasteiger partial charge in [0.25, 0.3) is 11.5 Å². The molecule has 1 amide bonds. The summed E-state index contributed by atoms with van der Waals surface area (Å²) in [6, 6.07) is 3.93. The van der Waals surface area contributed by atoms with E-state index in [1.54, 1.807) is 5.38 Å². The number of nitrogens with one attached hydrogen (secondary N) is 1. The zero-order valence-electron chi connectivity index (χ0n) is 14.2. The number of fused-ring (bicyclic) bond motifs is 1. The minimum atomic E-state index is -0.731. The third-order valence-corrected chi connectivity index (χ3v) is 4.39. The Balaban J connectivity index is 1.99. The van der Waals surface area contributed by atoms with Crippen LogP contribution >= 0.6 is 11.3 Å². The van der Waals surface area contributed by atoms with Gasteiger partial charge < -0.3 is 14.8 Å². The summed E-state index contributed by atoms with van der Waals surface area (Å²) in [5.41, 5.74) is -0.513. The van der Waals surface area contributed by atoms with Crippen molar-refractivity contribution in [3.8, 4) is 0 Å². The molecule has 2 aromatic heterocycles. The molecule has 0 aliphatic heterocycles. The summed E-state index contributed by atoms with van der Waals surface area (Å²) in [6.45, 7) is 0. The number of rotatable bonds is 4. The third-order valence-electron chi connectivity index (χ3n) is 3.62. The highest BCUT2D eigenvalue weighted by molar-refractivity contribution is 7.15. The van der Waals surface area contributed by atoms with Crippen molar-refractivity contribution in [2.24, 2.45) is 0 Å². The number of carbonyl (C=O) groups is 3. The second-order valence-electron chi connectivity index (χ2n) is 5.27. The molecule has 0 unspecified atom stereocenters. The number of methoxy groups -OCH3 is 2. The van der Waals surface area contributed by atoms with E-state index in [0.29, 0.717) is 4.96 Å². The number of anilines is 1. The van der Waals surface area contributed by atoms with Gasteiger partial charge in [-0.05, 0) is 18.2 Å². The Kier molecular flexibility index (Phi) is 4.99. The highest BCUT2D eigenvalue weighted by Gasteiger charge is 2.18. The van der Waals surface area contributed by atoms with Crippen LogP contribution in [-0.4, -0.2) is 41.5 Å². The van der Waals surface area contributed by atoms with E-state index in [9.17, 15) is 19.2 Å². The molecule has 0 radical (unpaired) electrons. The van der Waals surface area contributed by atoms with Crippen molar-refractivity contribution >= 4 is 39.8 Å². The third kappa shape index (κ3) is 3.55. The number of hydrogen-bond acceptors (Lipinski definition) is 8. The number of esters is 2. The van der Waals surface area contributed by atoms with Gasteiger partial charge in [-0.1, -0.05) is 0 Å². The largest absolute Gasteiger partial charge is 0.465 e. The van der Waals surface area contributed by atoms with Crippen LogP contribution in [0.1, 0.15) is 31.1 Å². The van der Waals surface area contributed by atoms with Gasteiger partial charge in [0.15, 0.2) is 4.96 Å². The number of aromatic nitrogens is 2. The highest BCUT2D eigenvalue weighted by Crippen LogP contribution is 2.18. The first-order valence-electron chi connectivity index (χ1n) is 7.52. The van der Waals surface area contributed by atoms with Gasteiger partial charge in [-0.15, -0.1) is 11.3 Å². The molecule has 1 aromatic carbocycles. The van der Waals surface area contributed by atoms with Gasteiger partial charge >= 0.3 is 11.9 Å². The first-order chi connectivity index (χ1) is 12.9. The number of hydrogen-bond donors (Lipinski definition) is 1. The van der Waals surface area contributed by atoms with Crippen molar-refractivity contribution < 1.29 is 23.9 Å². The average Bonchev–Trinajstić information content (AvgIpc) is 3.16. The van der Waals surface area contributed by atoms with Crippen LogP contribution < -0.4 is 10.9 Å². The quantitative estimate of drug-likeness (QED) is 0.676. The van der Waals surface area contributed by atoms with Crippen molar-refractivity contribution in [1.82, 2.24) is 9.38 Å². The van der Waals surface area contributed by atoms with E-state index in [0.717, 1.165) is 0 Å². The van der Waals surface area contributed by atoms with Gasteiger partial charge in [0.2, 0.25) is 0 Å². The molecule has 0 atom stereocenters. The van der Waals surface area contributed by atoms with Crippen molar-refractivity contribution in [2.75, 3.05) is 19.5 Å². The van der Waals surface area contributed by atoms with Crippen LogP contribution in [0.25, 0.3) is 4.96 Å². The van der Waals surface area contributed by atoms with Crippen molar-refractivity contribution in [3.05, 3.63) is 63.0 Å². The molecule has 0 saturated heterocycles. The SMILES string of the molecule is COC(=O)c1cc(NC(=O)c2cnc3sccn3c2=O)cc(C(=O)OC)c1. The molecule has 138 valence electrons. The molecule has 10 heteroatoms. The van der Waals surface area contributed by atoms with Crippen LogP contribution in [-0.2, 0) is 9.47 Å². The Bertz CT molecular complexity index is 1080. The minimum Gasteiger partial charge on any atom is -0.465 e. The summed E-state index contributed by atoms with van der Waals surface area (Å²) in [6.07, 6.45) is 2.69. The topological polar surface area (TPSA) is 116 Å². The molecule has 0 fully saturated rings. The van der Waals surface area contributed by atoms with Crippen LogP contribution in [0.15, 0.2) is 40.8 Å². The second-order valence-corrected chi connectivity index (χ2v) is 6.14. The molecule has 0 saturated carbocycles. The molecule has 9 nitrogen and oxygen atoms in total. The van der Waals surface area contributed by atoms with Crippen molar-refractivity contribution in [1.29, 1.82) is 0 Å². The van der Waals surface area contributed by atoms with E-state index in [4.69, 9.17) is 0 Å². The maximum Gasteiger partial charge on any atom is 0.337 e. The smallest absolute Gasteiger partial charge is 0.337 e. The zero-order chi connectivity index (χ0) is 19.6. The van der Waals surface area contributed by atoms with Gasteiger partial charge in [0.1, 0.15) is 5.56 Å². The molecule has 0 aliphatic rings. The van der Waals surface area contributed by atoms with Gasteiger partial charge in [0, 0.05) is 23.5 Å². The highest BCUT2D eigenvalue weighted by atomic mass is 32.1. The van der Waals surface area contributed by atoms with Gasteiger partial charge in [-0.2, -0.15) is 0 Å². The number of amides is 1. The molecular formula is C17H13N3O6S. The first kappa shape index (κ1) is 18.3. The molecule has 1 N–H and O–H groups in total.